The van der Waals surface area contributed by atoms with Crippen molar-refractivity contribution in [2.75, 3.05) is 11.6 Å². The van der Waals surface area contributed by atoms with Gasteiger partial charge in [0.05, 0.1) is 17.6 Å². The number of fused-ring (bicyclic) bond motifs is 1. The van der Waals surface area contributed by atoms with Crippen LogP contribution in [0.1, 0.15) is 32.6 Å². The van der Waals surface area contributed by atoms with E-state index in [2.05, 4.69) is 10.6 Å². The summed E-state index contributed by atoms with van der Waals surface area (Å²) < 4.78 is 43.8. The van der Waals surface area contributed by atoms with Crippen LogP contribution in [0, 0.1) is 6.92 Å². The molecule has 4 rings (SSSR count). The second kappa shape index (κ2) is 10.0. The zero-order valence-electron chi connectivity index (χ0n) is 19.0. The van der Waals surface area contributed by atoms with E-state index in [1.165, 1.54) is 12.1 Å². The summed E-state index contributed by atoms with van der Waals surface area (Å²) in [7, 11) is 0. The number of aryl methyl sites for hydroxylation is 1. The number of halogens is 3. The van der Waals surface area contributed by atoms with Crippen LogP contribution in [-0.4, -0.2) is 24.3 Å². The molecule has 1 aliphatic carbocycles. The Labute approximate surface area is 205 Å². The largest absolute Gasteiger partial charge is 0.419 e. The number of rotatable bonds is 5. The van der Waals surface area contributed by atoms with Gasteiger partial charge in [0.15, 0.2) is 0 Å². The summed E-state index contributed by atoms with van der Waals surface area (Å²) in [4.78, 5) is 24.9. The van der Waals surface area contributed by atoms with Gasteiger partial charge in [0.1, 0.15) is 0 Å². The third-order valence-corrected chi connectivity index (χ3v) is 6.21. The molecule has 0 spiro atoms. The predicted molar refractivity (Wildman–Crippen MR) is 130 cm³/mol. The number of nitrogens with one attached hydrogen (secondary N) is 2. The summed E-state index contributed by atoms with van der Waals surface area (Å²) in [5, 5.41) is 5.72. The zero-order chi connectivity index (χ0) is 25.2. The predicted octanol–water partition coefficient (Wildman–Crippen LogP) is 6.40. The highest BCUT2D eigenvalue weighted by molar-refractivity contribution is 7.94. The Kier molecular flexibility index (Phi) is 7.07. The van der Waals surface area contributed by atoms with Crippen molar-refractivity contribution >= 4 is 29.7 Å². The van der Waals surface area contributed by atoms with Gasteiger partial charge in [0.2, 0.25) is 0 Å². The van der Waals surface area contributed by atoms with Gasteiger partial charge in [-0.25, -0.2) is 4.79 Å². The normalized spacial score (nSPS) is 14.8. The highest BCUT2D eigenvalue weighted by atomic mass is 32.2. The molecule has 1 aliphatic rings. The average Bonchev–Trinajstić information content (AvgIpc) is 3.20. The Hall–Kier alpha value is -3.46. The van der Waals surface area contributed by atoms with E-state index >= 15 is 0 Å². The molecular formula is C26H23F3N2O3S. The van der Waals surface area contributed by atoms with Crippen molar-refractivity contribution in [3.05, 3.63) is 88.5 Å². The van der Waals surface area contributed by atoms with Crippen molar-refractivity contribution in [3.8, 4) is 11.1 Å². The number of carbonyl (C=O) groups excluding carboxylic acids is 2. The maximum absolute atomic E-state index is 13.2. The van der Waals surface area contributed by atoms with Crippen LogP contribution < -0.4 is 10.6 Å². The fourth-order valence-electron chi connectivity index (χ4n) is 4.33. The van der Waals surface area contributed by atoms with E-state index in [0.29, 0.717) is 35.2 Å². The molecule has 35 heavy (non-hydrogen) atoms. The third-order valence-electron chi connectivity index (χ3n) is 5.90. The average molecular weight is 501 g/mol. The van der Waals surface area contributed by atoms with Crippen molar-refractivity contribution in [1.29, 1.82) is 0 Å². The highest BCUT2D eigenvalue weighted by Crippen LogP contribution is 2.33. The van der Waals surface area contributed by atoms with E-state index in [4.69, 9.17) is 4.18 Å². The molecule has 0 bridgehead atoms. The first-order valence-corrected chi connectivity index (χ1v) is 12.0. The second-order valence-corrected chi connectivity index (χ2v) is 8.80. The standard InChI is InChI=1S/C26H23F3N2O3S/c1-15-4-3-5-22(23(15)16-6-9-19(10-7-16)26(27,28)29)24(32)30-20-11-8-17-12-21(14-18(17)13-20)31-25(33)34-35-2/h3-11,13,21H,12,14H2,1-2H3,(H,30,32)(H,31,33). The first-order chi connectivity index (χ1) is 16.7. The molecular weight excluding hydrogens is 477 g/mol. The van der Waals surface area contributed by atoms with Gasteiger partial charge in [0, 0.05) is 23.5 Å². The Morgan fingerprint density at radius 2 is 1.71 bits per heavy atom. The monoisotopic (exact) mass is 500 g/mol. The Balaban J connectivity index is 1.53. The third kappa shape index (κ3) is 5.62. The van der Waals surface area contributed by atoms with Crippen LogP contribution in [-0.2, 0) is 23.2 Å². The topological polar surface area (TPSA) is 67.4 Å². The van der Waals surface area contributed by atoms with E-state index in [-0.39, 0.29) is 11.9 Å². The molecule has 5 nitrogen and oxygen atoms in total. The van der Waals surface area contributed by atoms with Gasteiger partial charge in [-0.15, -0.1) is 0 Å². The van der Waals surface area contributed by atoms with Crippen LogP contribution in [0.4, 0.5) is 23.7 Å². The molecule has 182 valence electrons. The number of anilines is 1. The first-order valence-electron chi connectivity index (χ1n) is 10.9. The summed E-state index contributed by atoms with van der Waals surface area (Å²) in [6, 6.07) is 15.5. The molecule has 1 atom stereocenters. The van der Waals surface area contributed by atoms with Gasteiger partial charge < -0.3 is 14.8 Å². The smallest absolute Gasteiger partial charge is 0.375 e. The number of alkyl halides is 3. The Bertz CT molecular complexity index is 1260. The quantitative estimate of drug-likeness (QED) is 0.398. The zero-order valence-corrected chi connectivity index (χ0v) is 19.8. The van der Waals surface area contributed by atoms with Crippen molar-refractivity contribution < 1.29 is 26.9 Å². The van der Waals surface area contributed by atoms with Gasteiger partial charge in [-0.1, -0.05) is 30.3 Å². The van der Waals surface area contributed by atoms with Crippen LogP contribution in [0.3, 0.4) is 0 Å². The van der Waals surface area contributed by atoms with Crippen molar-refractivity contribution in [2.24, 2.45) is 0 Å². The second-order valence-electron chi connectivity index (χ2n) is 8.30. The Morgan fingerprint density at radius 3 is 2.40 bits per heavy atom. The van der Waals surface area contributed by atoms with Gasteiger partial charge >= 0.3 is 12.3 Å². The van der Waals surface area contributed by atoms with E-state index in [1.54, 1.807) is 24.5 Å². The fourth-order valence-corrected chi connectivity index (χ4v) is 4.53. The maximum Gasteiger partial charge on any atom is 0.419 e. The van der Waals surface area contributed by atoms with Crippen LogP contribution >= 0.6 is 12.0 Å². The minimum Gasteiger partial charge on any atom is -0.375 e. The van der Waals surface area contributed by atoms with E-state index in [9.17, 15) is 22.8 Å². The lowest BCUT2D eigenvalue weighted by Gasteiger charge is -2.15. The SMILES string of the molecule is CSOC(=O)NC1Cc2ccc(NC(=O)c3cccc(C)c3-c3ccc(C(F)(F)F)cc3)cc2C1. The highest BCUT2D eigenvalue weighted by Gasteiger charge is 2.30. The van der Waals surface area contributed by atoms with Crippen LogP contribution in [0.5, 0.6) is 0 Å². The van der Waals surface area contributed by atoms with Crippen molar-refractivity contribution in [1.82, 2.24) is 5.32 Å². The van der Waals surface area contributed by atoms with Crippen molar-refractivity contribution in [2.45, 2.75) is 32.0 Å². The maximum atomic E-state index is 13.2. The molecule has 0 radical (unpaired) electrons. The molecule has 0 aromatic heterocycles. The first kappa shape index (κ1) is 24.7. The van der Waals surface area contributed by atoms with E-state index in [0.717, 1.165) is 40.9 Å². The van der Waals surface area contributed by atoms with Gasteiger partial charge in [0.25, 0.3) is 5.91 Å². The molecule has 0 saturated heterocycles. The summed E-state index contributed by atoms with van der Waals surface area (Å²) in [5.41, 5.74) is 4.21. The number of benzene rings is 3. The van der Waals surface area contributed by atoms with Crippen LogP contribution in [0.2, 0.25) is 0 Å². The van der Waals surface area contributed by atoms with Crippen molar-refractivity contribution in [3.63, 3.8) is 0 Å². The molecule has 0 fully saturated rings. The fraction of sp³-hybridized carbons (Fsp3) is 0.231. The molecule has 2 amide bonds. The number of hydrogen-bond donors (Lipinski definition) is 2. The summed E-state index contributed by atoms with van der Waals surface area (Å²) in [5.74, 6) is -0.361. The molecule has 9 heteroatoms. The summed E-state index contributed by atoms with van der Waals surface area (Å²) >= 11 is 0.977. The number of amides is 2. The molecule has 3 aromatic rings. The van der Waals surface area contributed by atoms with E-state index < -0.39 is 17.8 Å². The molecule has 0 heterocycles. The lowest BCUT2D eigenvalue weighted by atomic mass is 9.93. The molecule has 0 saturated carbocycles. The van der Waals surface area contributed by atoms with Crippen LogP contribution in [0.15, 0.2) is 60.7 Å². The molecule has 2 N–H and O–H groups in total. The molecule has 3 aromatic carbocycles. The minimum absolute atomic E-state index is 0.0846. The van der Waals surface area contributed by atoms with E-state index in [1.807, 2.05) is 25.1 Å². The lowest BCUT2D eigenvalue weighted by molar-refractivity contribution is -0.137. The molecule has 1 unspecified atom stereocenters. The Morgan fingerprint density at radius 1 is 1.00 bits per heavy atom. The van der Waals surface area contributed by atoms with Gasteiger partial charge in [-0.05, 0) is 77.9 Å². The number of carbonyl (C=O) groups is 2. The summed E-state index contributed by atoms with van der Waals surface area (Å²) in [6.45, 7) is 1.81. The van der Waals surface area contributed by atoms with Crippen LogP contribution in [0.25, 0.3) is 11.1 Å². The minimum atomic E-state index is -4.43. The van der Waals surface area contributed by atoms with Gasteiger partial charge in [-0.2, -0.15) is 13.2 Å². The van der Waals surface area contributed by atoms with Gasteiger partial charge in [-0.3, -0.25) is 4.79 Å². The molecule has 0 aliphatic heterocycles. The summed E-state index contributed by atoms with van der Waals surface area (Å²) in [6.07, 6.45) is -1.97. The number of hydrogen-bond acceptors (Lipinski definition) is 4. The lowest BCUT2D eigenvalue weighted by Crippen LogP contribution is -2.34.